The monoisotopic (exact) mass is 443 g/mol. The SMILES string of the molecule is C=CCn1c(S[C@H](C)C(=O)Nc2ccc3c(c2)OCO3)nc2ccc(Cl)cc2c1=O. The Morgan fingerprint density at radius 1 is 1.33 bits per heavy atom. The maximum Gasteiger partial charge on any atom is 0.262 e. The number of fused-ring (bicyclic) bond motifs is 2. The van der Waals surface area contributed by atoms with Crippen LogP contribution in [0.25, 0.3) is 10.9 Å². The van der Waals surface area contributed by atoms with Crippen molar-refractivity contribution in [2.45, 2.75) is 23.9 Å². The van der Waals surface area contributed by atoms with E-state index in [2.05, 4.69) is 16.9 Å². The maximum atomic E-state index is 12.9. The summed E-state index contributed by atoms with van der Waals surface area (Å²) in [5.74, 6) is 1.00. The summed E-state index contributed by atoms with van der Waals surface area (Å²) in [6, 6.07) is 10.2. The van der Waals surface area contributed by atoms with Crippen LogP contribution in [-0.4, -0.2) is 27.5 Å². The van der Waals surface area contributed by atoms with Crippen molar-refractivity contribution in [3.63, 3.8) is 0 Å². The molecular formula is C21H18ClN3O4S. The first kappa shape index (κ1) is 20.3. The van der Waals surface area contributed by atoms with Crippen LogP contribution >= 0.6 is 23.4 Å². The standard InChI is InChI=1S/C21H18ClN3O4S/c1-3-8-25-20(27)15-9-13(22)4-6-16(15)24-21(25)30-12(2)19(26)23-14-5-7-17-18(10-14)29-11-28-17/h3-7,9-10,12H,1,8,11H2,2H3,(H,23,26)/t12-/m1/s1. The molecule has 0 radical (unpaired) electrons. The number of anilines is 1. The summed E-state index contributed by atoms with van der Waals surface area (Å²) in [4.78, 5) is 30.2. The Morgan fingerprint density at radius 2 is 2.13 bits per heavy atom. The zero-order chi connectivity index (χ0) is 21.3. The summed E-state index contributed by atoms with van der Waals surface area (Å²) >= 11 is 7.23. The van der Waals surface area contributed by atoms with Crippen molar-refractivity contribution in [2.24, 2.45) is 0 Å². The van der Waals surface area contributed by atoms with Crippen LogP contribution in [0, 0.1) is 0 Å². The fourth-order valence-electron chi connectivity index (χ4n) is 2.98. The van der Waals surface area contributed by atoms with Crippen LogP contribution in [-0.2, 0) is 11.3 Å². The molecule has 154 valence electrons. The molecule has 1 aromatic heterocycles. The van der Waals surface area contributed by atoms with Gasteiger partial charge in [0.05, 0.1) is 16.2 Å². The molecule has 1 aliphatic heterocycles. The Hall–Kier alpha value is -2.97. The Bertz CT molecular complexity index is 1210. The lowest BCUT2D eigenvalue weighted by Crippen LogP contribution is -2.26. The van der Waals surface area contributed by atoms with Crippen molar-refractivity contribution in [3.8, 4) is 11.5 Å². The van der Waals surface area contributed by atoms with Gasteiger partial charge in [0.25, 0.3) is 5.56 Å². The van der Waals surface area contributed by atoms with Crippen LogP contribution in [0.4, 0.5) is 5.69 Å². The van der Waals surface area contributed by atoms with Gasteiger partial charge in [0, 0.05) is 23.3 Å². The number of thioether (sulfide) groups is 1. The normalized spacial score (nSPS) is 13.3. The number of benzene rings is 2. The number of nitrogens with one attached hydrogen (secondary N) is 1. The highest BCUT2D eigenvalue weighted by Gasteiger charge is 2.21. The molecule has 0 bridgehead atoms. The average Bonchev–Trinajstić information content (AvgIpc) is 3.19. The van der Waals surface area contributed by atoms with Gasteiger partial charge in [-0.25, -0.2) is 4.98 Å². The molecule has 30 heavy (non-hydrogen) atoms. The number of aromatic nitrogens is 2. The van der Waals surface area contributed by atoms with E-state index < -0.39 is 5.25 Å². The maximum absolute atomic E-state index is 12.9. The van der Waals surface area contributed by atoms with Gasteiger partial charge in [0.1, 0.15) is 0 Å². The summed E-state index contributed by atoms with van der Waals surface area (Å²) in [5, 5.41) is 3.66. The number of rotatable bonds is 6. The van der Waals surface area contributed by atoms with Gasteiger partial charge in [-0.05, 0) is 37.3 Å². The molecule has 7 nitrogen and oxygen atoms in total. The van der Waals surface area contributed by atoms with Crippen molar-refractivity contribution >= 4 is 45.9 Å². The van der Waals surface area contributed by atoms with E-state index in [9.17, 15) is 9.59 Å². The molecule has 0 spiro atoms. The number of ether oxygens (including phenoxy) is 2. The van der Waals surface area contributed by atoms with Crippen LogP contribution in [0.2, 0.25) is 5.02 Å². The average molecular weight is 444 g/mol. The zero-order valence-corrected chi connectivity index (χ0v) is 17.6. The minimum atomic E-state index is -0.511. The minimum Gasteiger partial charge on any atom is -0.454 e. The van der Waals surface area contributed by atoms with E-state index in [0.29, 0.717) is 38.3 Å². The van der Waals surface area contributed by atoms with E-state index in [1.54, 1.807) is 49.4 Å². The lowest BCUT2D eigenvalue weighted by molar-refractivity contribution is -0.115. The molecule has 1 aliphatic rings. The number of allylic oxidation sites excluding steroid dienone is 1. The second kappa shape index (κ2) is 8.41. The van der Waals surface area contributed by atoms with Gasteiger partial charge >= 0.3 is 0 Å². The fraction of sp³-hybridized carbons (Fsp3) is 0.190. The first-order chi connectivity index (χ1) is 14.5. The Labute approximate surface area is 181 Å². The van der Waals surface area contributed by atoms with E-state index in [1.807, 2.05) is 0 Å². The van der Waals surface area contributed by atoms with E-state index in [-0.39, 0.29) is 24.8 Å². The number of halogens is 1. The van der Waals surface area contributed by atoms with Crippen LogP contribution in [0.1, 0.15) is 6.92 Å². The molecule has 2 aromatic carbocycles. The van der Waals surface area contributed by atoms with Gasteiger partial charge in [-0.2, -0.15) is 0 Å². The number of carbonyl (C=O) groups is 1. The van der Waals surface area contributed by atoms with Crippen molar-refractivity contribution < 1.29 is 14.3 Å². The van der Waals surface area contributed by atoms with Gasteiger partial charge in [0.2, 0.25) is 12.7 Å². The van der Waals surface area contributed by atoms with Gasteiger partial charge in [-0.3, -0.25) is 14.2 Å². The lowest BCUT2D eigenvalue weighted by atomic mass is 10.2. The van der Waals surface area contributed by atoms with Crippen molar-refractivity contribution in [1.82, 2.24) is 9.55 Å². The zero-order valence-electron chi connectivity index (χ0n) is 16.1. The smallest absolute Gasteiger partial charge is 0.262 e. The minimum absolute atomic E-state index is 0.165. The molecule has 0 saturated heterocycles. The van der Waals surface area contributed by atoms with Crippen LogP contribution in [0.5, 0.6) is 11.5 Å². The highest BCUT2D eigenvalue weighted by atomic mass is 35.5. The molecular weight excluding hydrogens is 426 g/mol. The van der Waals surface area contributed by atoms with Crippen LogP contribution < -0.4 is 20.3 Å². The van der Waals surface area contributed by atoms with Gasteiger partial charge in [-0.1, -0.05) is 29.4 Å². The Balaban J connectivity index is 1.58. The van der Waals surface area contributed by atoms with Crippen molar-refractivity contribution in [3.05, 3.63) is 64.4 Å². The van der Waals surface area contributed by atoms with Crippen molar-refractivity contribution in [2.75, 3.05) is 12.1 Å². The lowest BCUT2D eigenvalue weighted by Gasteiger charge is -2.15. The third kappa shape index (κ3) is 4.01. The number of hydrogen-bond donors (Lipinski definition) is 1. The van der Waals surface area contributed by atoms with E-state index in [0.717, 1.165) is 0 Å². The molecule has 0 saturated carbocycles. The first-order valence-corrected chi connectivity index (χ1v) is 10.4. The summed E-state index contributed by atoms with van der Waals surface area (Å²) in [7, 11) is 0. The third-order valence-electron chi connectivity index (χ3n) is 4.48. The predicted molar refractivity (Wildman–Crippen MR) is 118 cm³/mol. The molecule has 0 unspecified atom stereocenters. The van der Waals surface area contributed by atoms with Gasteiger partial charge in [0.15, 0.2) is 16.7 Å². The second-order valence-electron chi connectivity index (χ2n) is 6.58. The van der Waals surface area contributed by atoms with E-state index in [4.69, 9.17) is 21.1 Å². The summed E-state index contributed by atoms with van der Waals surface area (Å²) in [6.45, 7) is 5.90. The predicted octanol–water partition coefficient (Wildman–Crippen LogP) is 4.08. The van der Waals surface area contributed by atoms with E-state index in [1.165, 1.54) is 16.3 Å². The highest BCUT2D eigenvalue weighted by molar-refractivity contribution is 8.00. The Morgan fingerprint density at radius 3 is 2.93 bits per heavy atom. The topological polar surface area (TPSA) is 82.5 Å². The summed E-state index contributed by atoms with van der Waals surface area (Å²) < 4.78 is 12.1. The fourth-order valence-corrected chi connectivity index (χ4v) is 4.07. The van der Waals surface area contributed by atoms with Gasteiger partial charge < -0.3 is 14.8 Å². The number of nitrogens with zero attached hydrogens (tertiary/aromatic N) is 2. The summed E-state index contributed by atoms with van der Waals surface area (Å²) in [5.41, 5.74) is 0.894. The van der Waals surface area contributed by atoms with Crippen LogP contribution in [0.3, 0.4) is 0 Å². The quantitative estimate of drug-likeness (QED) is 0.351. The molecule has 4 rings (SSSR count). The second-order valence-corrected chi connectivity index (χ2v) is 8.32. The number of hydrogen-bond acceptors (Lipinski definition) is 6. The molecule has 1 atom stereocenters. The molecule has 3 aromatic rings. The molecule has 2 heterocycles. The van der Waals surface area contributed by atoms with Crippen LogP contribution in [0.15, 0.2) is 59.0 Å². The first-order valence-electron chi connectivity index (χ1n) is 9.14. The largest absolute Gasteiger partial charge is 0.454 e. The number of carbonyl (C=O) groups excluding carboxylic acids is 1. The third-order valence-corrected chi connectivity index (χ3v) is 5.81. The molecule has 1 N–H and O–H groups in total. The summed E-state index contributed by atoms with van der Waals surface area (Å²) in [6.07, 6.45) is 1.61. The molecule has 0 fully saturated rings. The molecule has 9 heteroatoms. The van der Waals surface area contributed by atoms with Gasteiger partial charge in [-0.15, -0.1) is 6.58 Å². The van der Waals surface area contributed by atoms with E-state index >= 15 is 0 Å². The highest BCUT2D eigenvalue weighted by Crippen LogP contribution is 2.34. The van der Waals surface area contributed by atoms with Crippen molar-refractivity contribution in [1.29, 1.82) is 0 Å². The molecule has 1 amide bonds. The Kier molecular flexibility index (Phi) is 5.69. The molecule has 0 aliphatic carbocycles. The number of amides is 1.